The number of hydrazone groups is 1. The largest absolute Gasteiger partial charge is 0.484 e. The van der Waals surface area contributed by atoms with E-state index in [1.807, 2.05) is 43.3 Å². The molecule has 132 valence electrons. The van der Waals surface area contributed by atoms with E-state index in [4.69, 9.17) is 16.3 Å². The molecule has 0 aliphatic carbocycles. The average molecular weight is 433 g/mol. The SMILES string of the molecule is Cc1ccc2cc(/C=N/NC(=O)COc3ccc(Br)cc3)c(Cl)nc2c1. The minimum absolute atomic E-state index is 0.137. The summed E-state index contributed by atoms with van der Waals surface area (Å²) < 4.78 is 6.31. The molecule has 0 bridgehead atoms. The van der Waals surface area contributed by atoms with E-state index in [1.54, 1.807) is 12.1 Å². The summed E-state index contributed by atoms with van der Waals surface area (Å²) in [4.78, 5) is 16.2. The van der Waals surface area contributed by atoms with Crippen LogP contribution in [0.1, 0.15) is 11.1 Å². The fraction of sp³-hybridized carbons (Fsp3) is 0.105. The third-order valence-electron chi connectivity index (χ3n) is 3.53. The van der Waals surface area contributed by atoms with Crippen molar-refractivity contribution >= 4 is 50.6 Å². The summed E-state index contributed by atoms with van der Waals surface area (Å²) >= 11 is 9.52. The Hall–Kier alpha value is -2.44. The van der Waals surface area contributed by atoms with Gasteiger partial charge in [-0.25, -0.2) is 10.4 Å². The molecule has 0 atom stereocenters. The predicted molar refractivity (Wildman–Crippen MR) is 107 cm³/mol. The Morgan fingerprint density at radius 1 is 1.27 bits per heavy atom. The number of ether oxygens (including phenoxy) is 1. The highest BCUT2D eigenvalue weighted by molar-refractivity contribution is 9.10. The molecule has 0 aliphatic heterocycles. The van der Waals surface area contributed by atoms with E-state index in [0.29, 0.717) is 16.5 Å². The van der Waals surface area contributed by atoms with Gasteiger partial charge in [-0.1, -0.05) is 39.7 Å². The Morgan fingerprint density at radius 2 is 2.04 bits per heavy atom. The Bertz CT molecular complexity index is 974. The van der Waals surface area contributed by atoms with Gasteiger partial charge in [0.15, 0.2) is 6.61 Å². The number of nitrogens with zero attached hydrogens (tertiary/aromatic N) is 2. The summed E-state index contributed by atoms with van der Waals surface area (Å²) in [7, 11) is 0. The smallest absolute Gasteiger partial charge is 0.277 e. The van der Waals surface area contributed by atoms with E-state index in [1.165, 1.54) is 6.21 Å². The molecule has 1 amide bonds. The lowest BCUT2D eigenvalue weighted by Crippen LogP contribution is -2.24. The van der Waals surface area contributed by atoms with Gasteiger partial charge in [-0.2, -0.15) is 5.10 Å². The molecule has 0 unspecified atom stereocenters. The fourth-order valence-corrected chi connectivity index (χ4v) is 2.71. The van der Waals surface area contributed by atoms with Gasteiger partial charge in [-0.3, -0.25) is 4.79 Å². The van der Waals surface area contributed by atoms with E-state index >= 15 is 0 Å². The lowest BCUT2D eigenvalue weighted by molar-refractivity contribution is -0.123. The maximum atomic E-state index is 11.8. The zero-order valence-corrected chi connectivity index (χ0v) is 16.2. The topological polar surface area (TPSA) is 63.6 Å². The van der Waals surface area contributed by atoms with Crippen molar-refractivity contribution in [2.75, 3.05) is 6.61 Å². The number of hydrogen-bond donors (Lipinski definition) is 1. The first-order valence-corrected chi connectivity index (χ1v) is 8.95. The predicted octanol–water partition coefficient (Wildman–Crippen LogP) is 4.49. The average Bonchev–Trinajstić information content (AvgIpc) is 2.62. The number of carbonyl (C=O) groups is 1. The molecule has 0 saturated heterocycles. The Balaban J connectivity index is 1.60. The molecule has 0 spiro atoms. The molecule has 1 N–H and O–H groups in total. The molecule has 5 nitrogen and oxygen atoms in total. The number of rotatable bonds is 5. The molecule has 2 aromatic carbocycles. The first-order valence-electron chi connectivity index (χ1n) is 7.78. The standard InChI is InChI=1S/C19H15BrClN3O2/c1-12-2-3-13-9-14(19(21)23-17(13)8-12)10-22-24-18(25)11-26-16-6-4-15(20)5-7-16/h2-10H,11H2,1H3,(H,24,25)/b22-10+. The highest BCUT2D eigenvalue weighted by Crippen LogP contribution is 2.20. The summed E-state index contributed by atoms with van der Waals surface area (Å²) in [6, 6.07) is 15.0. The molecule has 7 heteroatoms. The number of nitrogens with one attached hydrogen (secondary N) is 1. The minimum Gasteiger partial charge on any atom is -0.484 e. The number of hydrogen-bond acceptors (Lipinski definition) is 4. The van der Waals surface area contributed by atoms with Crippen LogP contribution in [0.15, 0.2) is 58.1 Å². The number of aryl methyl sites for hydroxylation is 1. The Labute approximate surface area is 164 Å². The first kappa shape index (κ1) is 18.4. The number of pyridine rings is 1. The van der Waals surface area contributed by atoms with Crippen molar-refractivity contribution in [1.29, 1.82) is 0 Å². The number of benzene rings is 2. The second-order valence-corrected chi connectivity index (χ2v) is 6.87. The van der Waals surface area contributed by atoms with Gasteiger partial charge in [-0.05, 0) is 48.9 Å². The van der Waals surface area contributed by atoms with Gasteiger partial charge in [0, 0.05) is 15.4 Å². The zero-order valence-electron chi connectivity index (χ0n) is 13.9. The first-order chi connectivity index (χ1) is 12.5. The van der Waals surface area contributed by atoms with Crippen LogP contribution in [-0.2, 0) is 4.79 Å². The summed E-state index contributed by atoms with van der Waals surface area (Å²) in [6.45, 7) is 1.86. The zero-order chi connectivity index (χ0) is 18.5. The third kappa shape index (κ3) is 4.80. The number of halogens is 2. The second kappa shape index (κ2) is 8.29. The number of amides is 1. The van der Waals surface area contributed by atoms with Crippen LogP contribution in [0.2, 0.25) is 5.15 Å². The van der Waals surface area contributed by atoms with Crippen molar-refractivity contribution in [3.05, 3.63) is 69.3 Å². The van der Waals surface area contributed by atoms with E-state index in [2.05, 4.69) is 31.4 Å². The van der Waals surface area contributed by atoms with Crippen LogP contribution >= 0.6 is 27.5 Å². The van der Waals surface area contributed by atoms with Gasteiger partial charge in [0.25, 0.3) is 5.91 Å². The van der Waals surface area contributed by atoms with Gasteiger partial charge < -0.3 is 4.74 Å². The number of carbonyl (C=O) groups excluding carboxylic acids is 1. The minimum atomic E-state index is -0.371. The van der Waals surface area contributed by atoms with Gasteiger partial charge in [-0.15, -0.1) is 0 Å². The molecule has 0 radical (unpaired) electrons. The fourth-order valence-electron chi connectivity index (χ4n) is 2.25. The van der Waals surface area contributed by atoms with E-state index in [9.17, 15) is 4.79 Å². The van der Waals surface area contributed by atoms with Gasteiger partial charge in [0.05, 0.1) is 11.7 Å². The van der Waals surface area contributed by atoms with Crippen molar-refractivity contribution in [3.63, 3.8) is 0 Å². The number of fused-ring (bicyclic) bond motifs is 1. The lowest BCUT2D eigenvalue weighted by Gasteiger charge is -2.05. The maximum absolute atomic E-state index is 11.8. The molecule has 0 saturated carbocycles. The Morgan fingerprint density at radius 3 is 2.81 bits per heavy atom. The van der Waals surface area contributed by atoms with Crippen LogP contribution in [0, 0.1) is 6.92 Å². The molecule has 0 aliphatic rings. The lowest BCUT2D eigenvalue weighted by atomic mass is 10.1. The molecule has 3 aromatic rings. The summed E-state index contributed by atoms with van der Waals surface area (Å²) in [5, 5.41) is 5.19. The van der Waals surface area contributed by atoms with E-state index in [-0.39, 0.29) is 12.5 Å². The van der Waals surface area contributed by atoms with E-state index < -0.39 is 0 Å². The third-order valence-corrected chi connectivity index (χ3v) is 4.36. The van der Waals surface area contributed by atoms with Gasteiger partial charge in [0.1, 0.15) is 10.9 Å². The van der Waals surface area contributed by atoms with Crippen molar-refractivity contribution in [1.82, 2.24) is 10.4 Å². The van der Waals surface area contributed by atoms with Crippen LogP contribution < -0.4 is 10.2 Å². The normalized spacial score (nSPS) is 11.0. The summed E-state index contributed by atoms with van der Waals surface area (Å²) in [5.41, 5.74) is 4.96. The van der Waals surface area contributed by atoms with Crippen LogP contribution in [-0.4, -0.2) is 23.7 Å². The molecule has 26 heavy (non-hydrogen) atoms. The monoisotopic (exact) mass is 431 g/mol. The van der Waals surface area contributed by atoms with Crippen LogP contribution in [0.4, 0.5) is 0 Å². The van der Waals surface area contributed by atoms with Crippen molar-refractivity contribution in [3.8, 4) is 5.75 Å². The molecule has 1 aromatic heterocycles. The maximum Gasteiger partial charge on any atom is 0.277 e. The van der Waals surface area contributed by atoms with Crippen LogP contribution in [0.25, 0.3) is 10.9 Å². The molecular formula is C19H15BrClN3O2. The molecular weight excluding hydrogens is 418 g/mol. The van der Waals surface area contributed by atoms with Crippen molar-refractivity contribution in [2.24, 2.45) is 5.10 Å². The van der Waals surface area contributed by atoms with E-state index in [0.717, 1.165) is 20.9 Å². The van der Waals surface area contributed by atoms with Crippen molar-refractivity contribution in [2.45, 2.75) is 6.92 Å². The Kier molecular flexibility index (Phi) is 5.85. The van der Waals surface area contributed by atoms with Crippen molar-refractivity contribution < 1.29 is 9.53 Å². The highest BCUT2D eigenvalue weighted by atomic mass is 79.9. The number of aromatic nitrogens is 1. The highest BCUT2D eigenvalue weighted by Gasteiger charge is 2.05. The second-order valence-electron chi connectivity index (χ2n) is 5.60. The van der Waals surface area contributed by atoms with Gasteiger partial charge in [0.2, 0.25) is 0 Å². The molecule has 3 rings (SSSR count). The molecule has 0 fully saturated rings. The molecule has 1 heterocycles. The van der Waals surface area contributed by atoms with Gasteiger partial charge >= 0.3 is 0 Å². The van der Waals surface area contributed by atoms with Crippen LogP contribution in [0.5, 0.6) is 5.75 Å². The summed E-state index contributed by atoms with van der Waals surface area (Å²) in [6.07, 6.45) is 1.46. The quantitative estimate of drug-likeness (QED) is 0.367. The van der Waals surface area contributed by atoms with Crippen LogP contribution in [0.3, 0.4) is 0 Å². The summed E-state index contributed by atoms with van der Waals surface area (Å²) in [5.74, 6) is 0.231.